The Kier molecular flexibility index (Phi) is 16.4. The van der Waals surface area contributed by atoms with Crippen molar-refractivity contribution in [3.63, 3.8) is 0 Å². The van der Waals surface area contributed by atoms with Crippen LogP contribution in [0.3, 0.4) is 0 Å². The average Bonchev–Trinajstić information content (AvgIpc) is 3.03. The van der Waals surface area contributed by atoms with Gasteiger partial charge in [0.1, 0.15) is 8.07 Å². The molecule has 0 N–H and O–H groups in total. The number of halogens is 3. The van der Waals surface area contributed by atoms with Crippen LogP contribution in [0.15, 0.2) is 53.1 Å². The summed E-state index contributed by atoms with van der Waals surface area (Å²) in [5.41, 5.74) is 13.0. The van der Waals surface area contributed by atoms with E-state index >= 15 is 0 Å². The molecule has 272 valence electrons. The normalized spacial score (nSPS) is 16.6. The largest absolute Gasteiger partial charge is 4.00 e. The molecule has 0 saturated heterocycles. The molecule has 0 aliphatic heterocycles. The summed E-state index contributed by atoms with van der Waals surface area (Å²) in [5.74, 6) is 0. The van der Waals surface area contributed by atoms with Gasteiger partial charge in [0.25, 0.3) is 0 Å². The third-order valence-corrected chi connectivity index (χ3v) is 23.8. The summed E-state index contributed by atoms with van der Waals surface area (Å²) in [6.07, 6.45) is 4.37. The topological polar surface area (TPSA) is 0 Å². The van der Waals surface area contributed by atoms with E-state index in [1.165, 1.54) is 50.1 Å². The van der Waals surface area contributed by atoms with Crippen LogP contribution in [0.2, 0.25) is 64.0 Å². The minimum atomic E-state index is -3.00. The predicted molar refractivity (Wildman–Crippen MR) is 221 cm³/mol. The zero-order valence-corrected chi connectivity index (χ0v) is 42.4. The predicted octanol–water partition coefficient (Wildman–Crippen LogP) is -0.488. The van der Waals surface area contributed by atoms with E-state index in [2.05, 4.69) is 171 Å². The number of rotatable bonds is 7. The minimum Gasteiger partial charge on any atom is -1.00 e. The molecule has 50 heavy (non-hydrogen) atoms. The molecule has 0 nitrogen and oxygen atoms in total. The van der Waals surface area contributed by atoms with Crippen molar-refractivity contribution in [2.75, 3.05) is 0 Å². The van der Waals surface area contributed by atoms with Gasteiger partial charge in [0.05, 0.1) is 24.2 Å². The van der Waals surface area contributed by atoms with Crippen molar-refractivity contribution in [2.24, 2.45) is 0 Å². The second-order valence-electron chi connectivity index (χ2n) is 18.1. The number of allylic oxidation sites excluding steroid dienone is 4. The van der Waals surface area contributed by atoms with Gasteiger partial charge >= 0.3 is 21.7 Å². The second kappa shape index (κ2) is 16.5. The summed E-state index contributed by atoms with van der Waals surface area (Å²) >= 11 is 0. The number of benzene rings is 3. The Morgan fingerprint density at radius 2 is 0.720 bits per heavy atom. The van der Waals surface area contributed by atoms with E-state index in [0.29, 0.717) is 0 Å². The van der Waals surface area contributed by atoms with Crippen LogP contribution in [0.25, 0.3) is 0 Å². The van der Waals surface area contributed by atoms with Gasteiger partial charge in [0, 0.05) is 0 Å². The quantitative estimate of drug-likeness (QED) is 0.172. The maximum atomic E-state index is 4.37. The summed E-state index contributed by atoms with van der Waals surface area (Å²) < 4.78 is 0. The van der Waals surface area contributed by atoms with Crippen LogP contribution in [0.5, 0.6) is 0 Å². The Hall–Kier alpha value is -0.408. The summed E-state index contributed by atoms with van der Waals surface area (Å²) in [7, 11) is -8.50. The van der Waals surface area contributed by atoms with Crippen molar-refractivity contribution in [3.8, 4) is 0 Å². The molecule has 0 aromatic heterocycles. The molecular weight excluding hydrogens is 771 g/mol. The van der Waals surface area contributed by atoms with E-state index in [-0.39, 0.29) is 64.0 Å². The van der Waals surface area contributed by atoms with Crippen molar-refractivity contribution in [2.45, 2.75) is 133 Å². The molecule has 1 unspecified atom stereocenters. The average molecular weight is 835 g/mol. The van der Waals surface area contributed by atoms with Gasteiger partial charge in [-0.15, -0.1) is 6.92 Å². The molecule has 0 bridgehead atoms. The summed E-state index contributed by atoms with van der Waals surface area (Å²) in [6, 6.07) is 15.5. The number of hydrogen-bond acceptors (Lipinski definition) is 0. The zero-order valence-electron chi connectivity index (χ0n) is 34.6. The number of aryl methyl sites for hydroxylation is 6. The van der Waals surface area contributed by atoms with Gasteiger partial charge in [-0.3, -0.25) is 6.08 Å². The fourth-order valence-corrected chi connectivity index (χ4v) is 27.7. The van der Waals surface area contributed by atoms with Gasteiger partial charge in [-0.2, -0.15) is 11.1 Å². The van der Waals surface area contributed by atoms with Crippen molar-refractivity contribution in [3.05, 3.63) is 92.6 Å². The first-order valence-corrected chi connectivity index (χ1v) is 30.0. The van der Waals surface area contributed by atoms with Crippen LogP contribution < -0.4 is 68.3 Å². The molecule has 1 aliphatic carbocycles. The van der Waals surface area contributed by atoms with Crippen LogP contribution in [-0.4, -0.2) is 32.3 Å². The Balaban J connectivity index is 0.00000600. The second-order valence-corrected chi connectivity index (χ2v) is 37.3. The van der Waals surface area contributed by atoms with Crippen molar-refractivity contribution in [1.29, 1.82) is 0 Å². The smallest absolute Gasteiger partial charge is 1.00 e. The molecule has 3 aromatic carbocycles. The first kappa shape index (κ1) is 49.6. The molecule has 0 radical (unpaired) electrons. The Labute approximate surface area is 345 Å². The van der Waals surface area contributed by atoms with Crippen LogP contribution in [-0.2, 0) is 21.7 Å². The molecule has 8 heteroatoms. The van der Waals surface area contributed by atoms with Gasteiger partial charge in [-0.05, 0) is 57.1 Å². The first-order valence-electron chi connectivity index (χ1n) is 17.5. The first-order chi connectivity index (χ1) is 20.8. The van der Waals surface area contributed by atoms with Gasteiger partial charge in [-0.25, -0.2) is 5.57 Å². The Bertz CT molecular complexity index is 1640. The van der Waals surface area contributed by atoms with Crippen LogP contribution >= 0.6 is 0 Å². The third-order valence-electron chi connectivity index (χ3n) is 11.0. The van der Waals surface area contributed by atoms with E-state index in [0.717, 1.165) is 0 Å². The van der Waals surface area contributed by atoms with E-state index < -0.39 is 32.3 Å². The monoisotopic (exact) mass is 832 g/mol. The zero-order chi connectivity index (χ0) is 35.1. The fourth-order valence-electron chi connectivity index (χ4n) is 9.61. The molecule has 4 rings (SSSR count). The molecule has 0 saturated carbocycles. The SMILES string of the molecule is CC1=[C-]C(C)([Si](c2cc(C)cc(C)c2[Si](C)(C)C)(c2cc(C)cc(C)c2[Si](C)(C)C)c2cc(C)cc(C)c2[Si](C)(C)C)C(C)=C1C.[Cl-].[Cl-].[Cl-].[Ti+4]. The molecule has 0 spiro atoms. The maximum Gasteiger partial charge on any atom is 4.00 e. The summed E-state index contributed by atoms with van der Waals surface area (Å²) in [5, 5.41) is 9.83. The Morgan fingerprint density at radius 1 is 0.460 bits per heavy atom. The molecule has 0 heterocycles. The fraction of sp³-hybridized carbons (Fsp3) is 0.476. The van der Waals surface area contributed by atoms with Gasteiger partial charge in [-0.1, -0.05) is 170 Å². The third kappa shape index (κ3) is 8.30. The van der Waals surface area contributed by atoms with Gasteiger partial charge in [0.2, 0.25) is 0 Å². The molecular formula is C42H63Cl3Si4Ti. The molecule has 1 atom stereocenters. The molecule has 3 aromatic rings. The van der Waals surface area contributed by atoms with E-state index in [1.54, 1.807) is 31.1 Å². The van der Waals surface area contributed by atoms with Gasteiger partial charge < -0.3 is 37.2 Å². The van der Waals surface area contributed by atoms with Gasteiger partial charge in [0.15, 0.2) is 0 Å². The van der Waals surface area contributed by atoms with Crippen LogP contribution in [0, 0.1) is 47.6 Å². The summed E-state index contributed by atoms with van der Waals surface area (Å²) in [4.78, 5) is 0. The standard InChI is InChI=1S/C42H63Si4.3ClH.Ti/c1-27-20-30(4)39(43(11,12)13)36(23-27)46(42(10)26-33(7)34(8)35(42)9,37-24-28(2)21-31(5)40(37)44(14,15)16)38-25-29(3)22-32(6)41(38)45(17,18)19;;;;/h20-25H,1-19H3;3*1H;/q-1;;;;+4/p-3. The van der Waals surface area contributed by atoms with Crippen LogP contribution in [0.1, 0.15) is 61.1 Å². The Morgan fingerprint density at radius 3 is 0.920 bits per heavy atom. The van der Waals surface area contributed by atoms with E-state index in [4.69, 9.17) is 0 Å². The molecule has 1 aliphatic rings. The summed E-state index contributed by atoms with van der Waals surface area (Å²) in [6.45, 7) is 47.4. The van der Waals surface area contributed by atoms with E-state index in [9.17, 15) is 0 Å². The van der Waals surface area contributed by atoms with Crippen molar-refractivity contribution >= 4 is 63.4 Å². The van der Waals surface area contributed by atoms with E-state index in [1.807, 2.05) is 0 Å². The van der Waals surface area contributed by atoms with Crippen molar-refractivity contribution < 1.29 is 58.9 Å². The molecule has 0 fully saturated rings. The molecule has 0 amide bonds. The maximum absolute atomic E-state index is 4.37. The minimum absolute atomic E-state index is 0. The van der Waals surface area contributed by atoms with Crippen molar-refractivity contribution in [1.82, 2.24) is 0 Å². The number of hydrogen-bond donors (Lipinski definition) is 0. The van der Waals surface area contributed by atoms with Crippen LogP contribution in [0.4, 0.5) is 0 Å².